The number of nitriles is 2. The number of hydrogen-bond donors (Lipinski definition) is 1. The zero-order chi connectivity index (χ0) is 8.97. The van der Waals surface area contributed by atoms with E-state index in [0.717, 1.165) is 5.69 Å². The average Bonchev–Trinajstić information content (AvgIpc) is 2.16. The van der Waals surface area contributed by atoms with E-state index >= 15 is 0 Å². The Labute approximate surface area is 70.9 Å². The quantitative estimate of drug-likeness (QED) is 0.671. The van der Waals surface area contributed by atoms with Gasteiger partial charge in [-0.25, -0.2) is 0 Å². The van der Waals surface area contributed by atoms with E-state index in [1.165, 1.54) is 0 Å². The Morgan fingerprint density at radius 2 is 1.83 bits per heavy atom. The molecule has 0 heterocycles. The summed E-state index contributed by atoms with van der Waals surface area (Å²) >= 11 is 0. The molecule has 0 saturated carbocycles. The molecule has 12 heavy (non-hydrogen) atoms. The Hall–Kier alpha value is -2.00. The Bertz CT molecular complexity index is 368. The molecule has 0 aliphatic carbocycles. The Morgan fingerprint density at radius 3 is 2.33 bits per heavy atom. The van der Waals surface area contributed by atoms with Crippen LogP contribution in [-0.2, 0) is 0 Å². The van der Waals surface area contributed by atoms with Gasteiger partial charge < -0.3 is 5.32 Å². The van der Waals surface area contributed by atoms with Crippen LogP contribution in [0.5, 0.6) is 0 Å². The molecule has 0 aromatic heterocycles. The molecule has 1 aromatic carbocycles. The predicted molar refractivity (Wildman–Crippen MR) is 45.4 cm³/mol. The van der Waals surface area contributed by atoms with Crippen LogP contribution >= 0.6 is 0 Å². The van der Waals surface area contributed by atoms with Gasteiger partial charge in [0.1, 0.15) is 12.1 Å². The maximum atomic E-state index is 8.64. The molecular weight excluding hydrogens is 150 g/mol. The highest BCUT2D eigenvalue weighted by molar-refractivity contribution is 5.55. The van der Waals surface area contributed by atoms with Crippen molar-refractivity contribution in [3.8, 4) is 12.1 Å². The lowest BCUT2D eigenvalue weighted by Crippen LogP contribution is -1.90. The van der Waals surface area contributed by atoms with Crippen LogP contribution < -0.4 is 5.32 Å². The molecule has 0 atom stereocenters. The van der Waals surface area contributed by atoms with Gasteiger partial charge in [-0.05, 0) is 18.2 Å². The second-order valence-corrected chi connectivity index (χ2v) is 2.23. The van der Waals surface area contributed by atoms with Crippen molar-refractivity contribution in [1.29, 1.82) is 10.5 Å². The van der Waals surface area contributed by atoms with Crippen molar-refractivity contribution in [2.24, 2.45) is 0 Å². The van der Waals surface area contributed by atoms with Gasteiger partial charge in [0.25, 0.3) is 0 Å². The zero-order valence-electron chi connectivity index (χ0n) is 6.63. The second-order valence-electron chi connectivity index (χ2n) is 2.23. The summed E-state index contributed by atoms with van der Waals surface area (Å²) in [5, 5.41) is 20.1. The molecule has 0 aliphatic rings. The van der Waals surface area contributed by atoms with Gasteiger partial charge in [-0.1, -0.05) is 0 Å². The lowest BCUT2D eigenvalue weighted by Gasteiger charge is -1.99. The molecule has 1 N–H and O–H groups in total. The molecule has 0 bridgehead atoms. The van der Waals surface area contributed by atoms with Gasteiger partial charge in [0.15, 0.2) is 0 Å². The Morgan fingerprint density at radius 1 is 1.17 bits per heavy atom. The van der Waals surface area contributed by atoms with Crippen molar-refractivity contribution in [3.05, 3.63) is 29.3 Å². The minimum absolute atomic E-state index is 0.407. The van der Waals surface area contributed by atoms with E-state index in [-0.39, 0.29) is 0 Å². The third-order valence-corrected chi connectivity index (χ3v) is 1.55. The molecule has 3 heteroatoms. The van der Waals surface area contributed by atoms with Crippen LogP contribution in [0.15, 0.2) is 18.2 Å². The molecule has 0 spiro atoms. The van der Waals surface area contributed by atoms with Gasteiger partial charge in [-0.3, -0.25) is 0 Å². The fourth-order valence-electron chi connectivity index (χ4n) is 0.890. The molecule has 58 valence electrons. The Balaban J connectivity index is 3.25. The van der Waals surface area contributed by atoms with Crippen LogP contribution in [0.3, 0.4) is 0 Å². The van der Waals surface area contributed by atoms with Gasteiger partial charge in [0.2, 0.25) is 0 Å². The lowest BCUT2D eigenvalue weighted by molar-refractivity contribution is 1.41. The van der Waals surface area contributed by atoms with Gasteiger partial charge in [-0.15, -0.1) is 0 Å². The van der Waals surface area contributed by atoms with Crippen molar-refractivity contribution in [2.75, 3.05) is 12.4 Å². The maximum absolute atomic E-state index is 8.64. The van der Waals surface area contributed by atoms with Crippen molar-refractivity contribution in [3.63, 3.8) is 0 Å². The van der Waals surface area contributed by atoms with E-state index < -0.39 is 0 Å². The molecule has 0 amide bonds. The van der Waals surface area contributed by atoms with E-state index in [9.17, 15) is 0 Å². The minimum Gasteiger partial charge on any atom is -0.388 e. The molecule has 0 aliphatic heterocycles. The summed E-state index contributed by atoms with van der Waals surface area (Å²) in [6, 6.07) is 8.95. The molecule has 0 saturated heterocycles. The molecule has 3 nitrogen and oxygen atoms in total. The average molecular weight is 157 g/mol. The van der Waals surface area contributed by atoms with Crippen molar-refractivity contribution in [1.82, 2.24) is 0 Å². The molecular formula is C9H7N3. The standard InChI is InChI=1S/C9H7N3/c1-12-9-3-2-7(5-10)8(4-9)6-11/h2-4,12H,1H3. The number of nitrogens with zero attached hydrogens (tertiary/aromatic N) is 2. The number of hydrogen-bond acceptors (Lipinski definition) is 3. The summed E-state index contributed by atoms with van der Waals surface area (Å²) in [6.45, 7) is 0. The van der Waals surface area contributed by atoms with Crippen molar-refractivity contribution < 1.29 is 0 Å². The predicted octanol–water partition coefficient (Wildman–Crippen LogP) is 1.47. The van der Waals surface area contributed by atoms with Crippen LogP contribution in [0.2, 0.25) is 0 Å². The number of benzene rings is 1. The lowest BCUT2D eigenvalue weighted by atomic mass is 10.1. The van der Waals surface area contributed by atoms with Gasteiger partial charge >= 0.3 is 0 Å². The first-order valence-corrected chi connectivity index (χ1v) is 3.44. The van der Waals surface area contributed by atoms with Crippen LogP contribution in [-0.4, -0.2) is 7.05 Å². The third kappa shape index (κ3) is 1.36. The summed E-state index contributed by atoms with van der Waals surface area (Å²) in [5.41, 5.74) is 1.66. The highest BCUT2D eigenvalue weighted by atomic mass is 14.8. The molecule has 0 unspecified atom stereocenters. The maximum Gasteiger partial charge on any atom is 0.101 e. The van der Waals surface area contributed by atoms with E-state index in [2.05, 4.69) is 5.32 Å². The molecule has 0 fully saturated rings. The van der Waals surface area contributed by atoms with Gasteiger partial charge in [-0.2, -0.15) is 10.5 Å². The first-order chi connectivity index (χ1) is 5.81. The highest BCUT2D eigenvalue weighted by Crippen LogP contribution is 2.13. The Kier molecular flexibility index (Phi) is 2.30. The summed E-state index contributed by atoms with van der Waals surface area (Å²) in [6.07, 6.45) is 0. The highest BCUT2D eigenvalue weighted by Gasteiger charge is 2.00. The molecule has 1 aromatic rings. The minimum atomic E-state index is 0.407. The van der Waals surface area contributed by atoms with Crippen molar-refractivity contribution in [2.45, 2.75) is 0 Å². The smallest absolute Gasteiger partial charge is 0.101 e. The SMILES string of the molecule is CNc1ccc(C#N)c(C#N)c1. The fourth-order valence-corrected chi connectivity index (χ4v) is 0.890. The van der Waals surface area contributed by atoms with Crippen LogP contribution in [0, 0.1) is 22.7 Å². The normalized spacial score (nSPS) is 8.25. The summed E-state index contributed by atoms with van der Waals surface area (Å²) in [4.78, 5) is 0. The number of rotatable bonds is 1. The van der Waals surface area contributed by atoms with E-state index in [1.807, 2.05) is 12.1 Å². The number of nitrogens with one attached hydrogen (secondary N) is 1. The first kappa shape index (κ1) is 8.10. The van der Waals surface area contributed by atoms with Crippen LogP contribution in [0.4, 0.5) is 5.69 Å². The number of anilines is 1. The first-order valence-electron chi connectivity index (χ1n) is 3.44. The zero-order valence-corrected chi connectivity index (χ0v) is 6.63. The van der Waals surface area contributed by atoms with Gasteiger partial charge in [0, 0.05) is 12.7 Å². The van der Waals surface area contributed by atoms with E-state index in [1.54, 1.807) is 25.2 Å². The largest absolute Gasteiger partial charge is 0.388 e. The third-order valence-electron chi connectivity index (χ3n) is 1.55. The monoisotopic (exact) mass is 157 g/mol. The topological polar surface area (TPSA) is 59.6 Å². The summed E-state index contributed by atoms with van der Waals surface area (Å²) in [5.74, 6) is 0. The van der Waals surface area contributed by atoms with E-state index in [4.69, 9.17) is 10.5 Å². The van der Waals surface area contributed by atoms with E-state index in [0.29, 0.717) is 11.1 Å². The molecule has 0 radical (unpaired) electrons. The second kappa shape index (κ2) is 3.41. The van der Waals surface area contributed by atoms with Crippen LogP contribution in [0.1, 0.15) is 11.1 Å². The van der Waals surface area contributed by atoms with Crippen molar-refractivity contribution >= 4 is 5.69 Å². The molecule has 1 rings (SSSR count). The van der Waals surface area contributed by atoms with Gasteiger partial charge in [0.05, 0.1) is 11.1 Å². The fraction of sp³-hybridized carbons (Fsp3) is 0.111. The summed E-state index contributed by atoms with van der Waals surface area (Å²) < 4.78 is 0. The van der Waals surface area contributed by atoms with Crippen LogP contribution in [0.25, 0.3) is 0 Å². The summed E-state index contributed by atoms with van der Waals surface area (Å²) in [7, 11) is 1.77.